The van der Waals surface area contributed by atoms with Crippen molar-refractivity contribution in [3.05, 3.63) is 47.3 Å². The van der Waals surface area contributed by atoms with Crippen molar-refractivity contribution in [3.63, 3.8) is 0 Å². The van der Waals surface area contributed by atoms with E-state index in [1.54, 1.807) is 23.1 Å². The highest BCUT2D eigenvalue weighted by molar-refractivity contribution is 9.10. The number of rotatable bonds is 1. The van der Waals surface area contributed by atoms with Gasteiger partial charge in [0.05, 0.1) is 24.3 Å². The number of benzene rings is 1. The Morgan fingerprint density at radius 1 is 1.12 bits per heavy atom. The van der Waals surface area contributed by atoms with Gasteiger partial charge in [-0.05, 0) is 17.7 Å². The molecule has 0 unspecified atom stereocenters. The van der Waals surface area contributed by atoms with Gasteiger partial charge in [0, 0.05) is 10.0 Å². The lowest BCUT2D eigenvalue weighted by Crippen LogP contribution is -1.94. The number of anilines is 1. The van der Waals surface area contributed by atoms with E-state index in [0.29, 0.717) is 5.69 Å². The van der Waals surface area contributed by atoms with Crippen molar-refractivity contribution in [1.82, 2.24) is 14.6 Å². The molecule has 3 aromatic rings. The minimum atomic E-state index is 0.600. The fourth-order valence-corrected chi connectivity index (χ4v) is 1.99. The minimum Gasteiger partial charge on any atom is -0.396 e. The number of halogens is 1. The van der Waals surface area contributed by atoms with Crippen LogP contribution in [0.25, 0.3) is 16.8 Å². The highest BCUT2D eigenvalue weighted by atomic mass is 79.9. The molecule has 84 valence electrons. The molecule has 0 fully saturated rings. The summed E-state index contributed by atoms with van der Waals surface area (Å²) in [6.45, 7) is 0. The summed E-state index contributed by atoms with van der Waals surface area (Å²) in [6.07, 6.45) is 5.19. The molecule has 0 saturated heterocycles. The summed E-state index contributed by atoms with van der Waals surface area (Å²) in [7, 11) is 0. The van der Waals surface area contributed by atoms with Crippen LogP contribution in [0.3, 0.4) is 0 Å². The molecule has 0 atom stereocenters. The lowest BCUT2D eigenvalue weighted by atomic mass is 10.1. The molecular formula is C12H9BrN4. The third-order valence-electron chi connectivity index (χ3n) is 2.53. The predicted molar refractivity (Wildman–Crippen MR) is 70.5 cm³/mol. The van der Waals surface area contributed by atoms with E-state index in [0.717, 1.165) is 21.2 Å². The van der Waals surface area contributed by atoms with E-state index in [4.69, 9.17) is 5.73 Å². The summed E-state index contributed by atoms with van der Waals surface area (Å²) in [4.78, 5) is 4.30. The number of hydrogen-bond acceptors (Lipinski definition) is 3. The van der Waals surface area contributed by atoms with Crippen LogP contribution >= 0.6 is 15.9 Å². The summed E-state index contributed by atoms with van der Waals surface area (Å²) in [5.41, 5.74) is 9.15. The van der Waals surface area contributed by atoms with E-state index in [1.165, 1.54) is 0 Å². The molecular weight excluding hydrogens is 280 g/mol. The van der Waals surface area contributed by atoms with E-state index in [-0.39, 0.29) is 0 Å². The van der Waals surface area contributed by atoms with Crippen LogP contribution in [0.1, 0.15) is 0 Å². The van der Waals surface area contributed by atoms with Crippen molar-refractivity contribution < 1.29 is 0 Å². The highest BCUT2D eigenvalue weighted by Gasteiger charge is 2.07. The van der Waals surface area contributed by atoms with E-state index in [2.05, 4.69) is 26.0 Å². The van der Waals surface area contributed by atoms with Crippen LogP contribution in [-0.4, -0.2) is 14.6 Å². The zero-order valence-corrected chi connectivity index (χ0v) is 10.4. The SMILES string of the molecule is Nc1cnc2c(-c3ccc(Br)cc3)cnn2c1. The summed E-state index contributed by atoms with van der Waals surface area (Å²) >= 11 is 3.42. The van der Waals surface area contributed by atoms with Crippen LogP contribution in [0.2, 0.25) is 0 Å². The van der Waals surface area contributed by atoms with Crippen LogP contribution in [0.4, 0.5) is 5.69 Å². The fourth-order valence-electron chi connectivity index (χ4n) is 1.72. The molecule has 5 heteroatoms. The van der Waals surface area contributed by atoms with Crippen LogP contribution in [-0.2, 0) is 0 Å². The molecule has 1 aromatic carbocycles. The van der Waals surface area contributed by atoms with E-state index in [1.807, 2.05) is 24.3 Å². The van der Waals surface area contributed by atoms with Gasteiger partial charge in [-0.25, -0.2) is 9.50 Å². The third kappa shape index (κ3) is 1.78. The van der Waals surface area contributed by atoms with Crippen molar-refractivity contribution in [2.45, 2.75) is 0 Å². The molecule has 0 spiro atoms. The van der Waals surface area contributed by atoms with Crippen molar-refractivity contribution in [1.29, 1.82) is 0 Å². The molecule has 0 aliphatic rings. The van der Waals surface area contributed by atoms with Crippen LogP contribution < -0.4 is 5.73 Å². The van der Waals surface area contributed by atoms with Gasteiger partial charge in [0.2, 0.25) is 0 Å². The van der Waals surface area contributed by atoms with E-state index < -0.39 is 0 Å². The van der Waals surface area contributed by atoms with E-state index in [9.17, 15) is 0 Å². The maximum atomic E-state index is 5.66. The molecule has 0 radical (unpaired) electrons. The third-order valence-corrected chi connectivity index (χ3v) is 3.06. The van der Waals surface area contributed by atoms with Crippen LogP contribution in [0.5, 0.6) is 0 Å². The molecule has 2 N–H and O–H groups in total. The van der Waals surface area contributed by atoms with Crippen molar-refractivity contribution in [2.24, 2.45) is 0 Å². The summed E-state index contributed by atoms with van der Waals surface area (Å²) in [5.74, 6) is 0. The number of aromatic nitrogens is 3. The molecule has 17 heavy (non-hydrogen) atoms. The maximum Gasteiger partial charge on any atom is 0.162 e. The lowest BCUT2D eigenvalue weighted by molar-refractivity contribution is 0.942. The first-order valence-electron chi connectivity index (χ1n) is 5.09. The molecule has 0 bridgehead atoms. The lowest BCUT2D eigenvalue weighted by Gasteiger charge is -1.99. The number of fused-ring (bicyclic) bond motifs is 1. The number of nitrogen functional groups attached to an aromatic ring is 1. The Bertz CT molecular complexity index is 673. The standard InChI is InChI=1S/C12H9BrN4/c13-9-3-1-8(2-4-9)11-6-16-17-7-10(14)5-15-12(11)17/h1-7H,14H2. The van der Waals surface area contributed by atoms with E-state index >= 15 is 0 Å². The highest BCUT2D eigenvalue weighted by Crippen LogP contribution is 2.24. The molecule has 0 amide bonds. The Morgan fingerprint density at radius 3 is 2.65 bits per heavy atom. The Labute approximate surface area is 106 Å². The van der Waals surface area contributed by atoms with Crippen molar-refractivity contribution in [2.75, 3.05) is 5.73 Å². The second-order valence-electron chi connectivity index (χ2n) is 3.72. The molecule has 0 saturated carbocycles. The Balaban J connectivity index is 2.21. The summed E-state index contributed by atoms with van der Waals surface area (Å²) < 4.78 is 2.74. The molecule has 2 heterocycles. The second-order valence-corrected chi connectivity index (χ2v) is 4.64. The number of nitrogens with zero attached hydrogens (tertiary/aromatic N) is 3. The summed E-state index contributed by atoms with van der Waals surface area (Å²) in [6, 6.07) is 8.05. The first-order chi connectivity index (χ1) is 8.24. The van der Waals surface area contributed by atoms with Gasteiger partial charge in [-0.3, -0.25) is 0 Å². The molecule has 0 aliphatic heterocycles. The van der Waals surface area contributed by atoms with Gasteiger partial charge in [-0.15, -0.1) is 0 Å². The van der Waals surface area contributed by atoms with Crippen molar-refractivity contribution in [3.8, 4) is 11.1 Å². The normalized spacial score (nSPS) is 10.9. The van der Waals surface area contributed by atoms with Gasteiger partial charge in [-0.2, -0.15) is 5.10 Å². The smallest absolute Gasteiger partial charge is 0.162 e. The topological polar surface area (TPSA) is 56.2 Å². The van der Waals surface area contributed by atoms with Gasteiger partial charge in [0.15, 0.2) is 5.65 Å². The van der Waals surface area contributed by atoms with Crippen LogP contribution in [0, 0.1) is 0 Å². The monoisotopic (exact) mass is 288 g/mol. The summed E-state index contributed by atoms with van der Waals surface area (Å²) in [5, 5.41) is 4.24. The van der Waals surface area contributed by atoms with Gasteiger partial charge < -0.3 is 5.73 Å². The minimum absolute atomic E-state index is 0.600. The van der Waals surface area contributed by atoms with Gasteiger partial charge in [-0.1, -0.05) is 28.1 Å². The average molecular weight is 289 g/mol. The van der Waals surface area contributed by atoms with Gasteiger partial charge in [0.1, 0.15) is 0 Å². The Kier molecular flexibility index (Phi) is 2.33. The molecule has 0 aliphatic carbocycles. The number of hydrogen-bond donors (Lipinski definition) is 1. The number of nitrogens with two attached hydrogens (primary N) is 1. The zero-order valence-electron chi connectivity index (χ0n) is 8.84. The van der Waals surface area contributed by atoms with Crippen LogP contribution in [0.15, 0.2) is 47.3 Å². The Hall–Kier alpha value is -1.88. The molecule has 4 nitrogen and oxygen atoms in total. The van der Waals surface area contributed by atoms with Gasteiger partial charge in [0.25, 0.3) is 0 Å². The first-order valence-corrected chi connectivity index (χ1v) is 5.88. The maximum absolute atomic E-state index is 5.66. The predicted octanol–water partition coefficient (Wildman–Crippen LogP) is 2.74. The quantitative estimate of drug-likeness (QED) is 0.749. The average Bonchev–Trinajstić information content (AvgIpc) is 2.73. The zero-order chi connectivity index (χ0) is 11.8. The molecule has 3 rings (SSSR count). The first kappa shape index (κ1) is 10.3. The molecule has 2 aromatic heterocycles. The van der Waals surface area contributed by atoms with Crippen molar-refractivity contribution >= 4 is 27.3 Å². The fraction of sp³-hybridized carbons (Fsp3) is 0. The Morgan fingerprint density at radius 2 is 1.88 bits per heavy atom. The second kappa shape index (κ2) is 3.85. The largest absolute Gasteiger partial charge is 0.396 e. The van der Waals surface area contributed by atoms with Gasteiger partial charge >= 0.3 is 0 Å².